The summed E-state index contributed by atoms with van der Waals surface area (Å²) in [6, 6.07) is 6.28. The Bertz CT molecular complexity index is 481. The first-order chi connectivity index (χ1) is 9.52. The second-order valence-electron chi connectivity index (χ2n) is 5.77. The summed E-state index contributed by atoms with van der Waals surface area (Å²) in [5.74, 6) is 0.242. The van der Waals surface area contributed by atoms with Crippen LogP contribution in [-0.2, 0) is 4.74 Å². The Balaban J connectivity index is 2.26. The summed E-state index contributed by atoms with van der Waals surface area (Å²) in [5, 5.41) is 0. The van der Waals surface area contributed by atoms with E-state index in [4.69, 9.17) is 10.5 Å². The number of carbonyl (C=O) groups is 1. The fourth-order valence-electron chi connectivity index (χ4n) is 2.35. The Morgan fingerprint density at radius 2 is 2.15 bits per heavy atom. The summed E-state index contributed by atoms with van der Waals surface area (Å²) in [6.45, 7) is 7.57. The summed E-state index contributed by atoms with van der Waals surface area (Å²) in [7, 11) is 0. The molecule has 1 saturated carbocycles. The molecule has 110 valence electrons. The molecule has 0 amide bonds. The van der Waals surface area contributed by atoms with Crippen molar-refractivity contribution in [2.24, 2.45) is 5.92 Å². The molecule has 1 aliphatic carbocycles. The molecule has 1 aromatic carbocycles. The number of esters is 1. The molecule has 0 heterocycles. The molecule has 4 nitrogen and oxygen atoms in total. The smallest absolute Gasteiger partial charge is 0.340 e. The summed E-state index contributed by atoms with van der Waals surface area (Å²) >= 11 is 0. The van der Waals surface area contributed by atoms with E-state index in [1.54, 1.807) is 13.0 Å². The van der Waals surface area contributed by atoms with Crippen molar-refractivity contribution in [1.82, 2.24) is 0 Å². The Kier molecular flexibility index (Phi) is 4.53. The third-order valence-electron chi connectivity index (χ3n) is 3.41. The zero-order chi connectivity index (χ0) is 14.7. The molecule has 1 aliphatic rings. The number of ether oxygens (including phenoxy) is 1. The Morgan fingerprint density at radius 3 is 2.70 bits per heavy atom. The van der Waals surface area contributed by atoms with Crippen LogP contribution in [0.1, 0.15) is 44.0 Å². The molecule has 0 aromatic heterocycles. The maximum absolute atomic E-state index is 11.9. The van der Waals surface area contributed by atoms with Crippen LogP contribution in [-0.4, -0.2) is 25.2 Å². The highest BCUT2D eigenvalue weighted by Gasteiger charge is 2.30. The monoisotopic (exact) mass is 276 g/mol. The topological polar surface area (TPSA) is 55.6 Å². The highest BCUT2D eigenvalue weighted by Crippen LogP contribution is 2.33. The number of nitrogens with zero attached hydrogens (tertiary/aromatic N) is 1. The highest BCUT2D eigenvalue weighted by molar-refractivity contribution is 5.96. The zero-order valence-corrected chi connectivity index (χ0v) is 12.6. The molecule has 0 bridgehead atoms. The average molecular weight is 276 g/mol. The highest BCUT2D eigenvalue weighted by atomic mass is 16.5. The van der Waals surface area contributed by atoms with Crippen LogP contribution < -0.4 is 10.6 Å². The molecular formula is C16H24N2O2. The number of benzene rings is 1. The number of hydrogen-bond donors (Lipinski definition) is 1. The first-order valence-corrected chi connectivity index (χ1v) is 7.36. The lowest BCUT2D eigenvalue weighted by molar-refractivity contribution is 0.0527. The summed E-state index contributed by atoms with van der Waals surface area (Å²) < 4.78 is 5.06. The van der Waals surface area contributed by atoms with E-state index in [0.29, 0.717) is 29.8 Å². The molecule has 0 aliphatic heterocycles. The van der Waals surface area contributed by atoms with Gasteiger partial charge in [-0.2, -0.15) is 0 Å². The minimum Gasteiger partial charge on any atom is -0.462 e. The van der Waals surface area contributed by atoms with E-state index in [1.807, 2.05) is 12.1 Å². The molecule has 2 N–H and O–H groups in total. The number of carbonyl (C=O) groups excluding carboxylic acids is 1. The molecule has 1 fully saturated rings. The minimum atomic E-state index is -0.341. The molecule has 0 unspecified atom stereocenters. The van der Waals surface area contributed by atoms with Crippen LogP contribution in [0.2, 0.25) is 0 Å². The molecule has 0 saturated heterocycles. The van der Waals surface area contributed by atoms with Gasteiger partial charge in [0.05, 0.1) is 12.2 Å². The van der Waals surface area contributed by atoms with Gasteiger partial charge >= 0.3 is 5.97 Å². The van der Waals surface area contributed by atoms with Crippen molar-refractivity contribution in [2.75, 3.05) is 23.8 Å². The third-order valence-corrected chi connectivity index (χ3v) is 3.41. The van der Waals surface area contributed by atoms with E-state index in [-0.39, 0.29) is 5.97 Å². The molecule has 0 radical (unpaired) electrons. The van der Waals surface area contributed by atoms with E-state index in [0.717, 1.165) is 12.2 Å². The fraction of sp³-hybridized carbons (Fsp3) is 0.562. The number of anilines is 2. The molecule has 0 atom stereocenters. The normalized spacial score (nSPS) is 14.4. The fourth-order valence-corrected chi connectivity index (χ4v) is 2.35. The predicted molar refractivity (Wildman–Crippen MR) is 82.0 cm³/mol. The van der Waals surface area contributed by atoms with Gasteiger partial charge in [-0.05, 0) is 43.9 Å². The van der Waals surface area contributed by atoms with Crippen LogP contribution >= 0.6 is 0 Å². The number of rotatable bonds is 6. The van der Waals surface area contributed by atoms with Gasteiger partial charge in [-0.1, -0.05) is 13.8 Å². The van der Waals surface area contributed by atoms with Gasteiger partial charge in [0, 0.05) is 24.0 Å². The molecule has 2 rings (SSSR count). The molecular weight excluding hydrogens is 252 g/mol. The second-order valence-corrected chi connectivity index (χ2v) is 5.77. The van der Waals surface area contributed by atoms with Crippen LogP contribution in [0.4, 0.5) is 11.4 Å². The van der Waals surface area contributed by atoms with Gasteiger partial charge < -0.3 is 15.4 Å². The van der Waals surface area contributed by atoms with E-state index >= 15 is 0 Å². The lowest BCUT2D eigenvalue weighted by Crippen LogP contribution is -2.30. The quantitative estimate of drug-likeness (QED) is 0.641. The lowest BCUT2D eigenvalue weighted by atomic mass is 10.1. The van der Waals surface area contributed by atoms with Crippen molar-refractivity contribution in [1.29, 1.82) is 0 Å². The molecule has 20 heavy (non-hydrogen) atoms. The van der Waals surface area contributed by atoms with E-state index in [2.05, 4.69) is 18.7 Å². The van der Waals surface area contributed by atoms with Gasteiger partial charge in [0.15, 0.2) is 0 Å². The van der Waals surface area contributed by atoms with Crippen molar-refractivity contribution >= 4 is 17.3 Å². The van der Waals surface area contributed by atoms with Crippen molar-refractivity contribution in [3.8, 4) is 0 Å². The lowest BCUT2D eigenvalue weighted by Gasteiger charge is -2.27. The Hall–Kier alpha value is -1.71. The van der Waals surface area contributed by atoms with Gasteiger partial charge in [-0.25, -0.2) is 4.79 Å². The summed E-state index contributed by atoms with van der Waals surface area (Å²) in [4.78, 5) is 14.3. The predicted octanol–water partition coefficient (Wildman–Crippen LogP) is 3.07. The summed E-state index contributed by atoms with van der Waals surface area (Å²) in [5.41, 5.74) is 7.91. The van der Waals surface area contributed by atoms with Crippen molar-refractivity contribution in [2.45, 2.75) is 39.7 Å². The van der Waals surface area contributed by atoms with E-state index in [9.17, 15) is 4.79 Å². The van der Waals surface area contributed by atoms with Gasteiger partial charge in [-0.15, -0.1) is 0 Å². The zero-order valence-electron chi connectivity index (χ0n) is 12.6. The van der Waals surface area contributed by atoms with Crippen LogP contribution in [0.5, 0.6) is 0 Å². The van der Waals surface area contributed by atoms with Crippen LogP contribution in [0.15, 0.2) is 18.2 Å². The van der Waals surface area contributed by atoms with Gasteiger partial charge in [0.2, 0.25) is 0 Å². The van der Waals surface area contributed by atoms with E-state index < -0.39 is 0 Å². The summed E-state index contributed by atoms with van der Waals surface area (Å²) in [6.07, 6.45) is 2.46. The van der Waals surface area contributed by atoms with Crippen molar-refractivity contribution in [3.63, 3.8) is 0 Å². The van der Waals surface area contributed by atoms with E-state index in [1.165, 1.54) is 12.8 Å². The third kappa shape index (κ3) is 3.44. The SMILES string of the molecule is CCOC(=O)c1cc(N(CC(C)C)C2CC2)ccc1N. The largest absolute Gasteiger partial charge is 0.462 e. The number of hydrogen-bond acceptors (Lipinski definition) is 4. The second kappa shape index (κ2) is 6.16. The average Bonchev–Trinajstić information content (AvgIpc) is 3.21. The maximum Gasteiger partial charge on any atom is 0.340 e. The van der Waals surface area contributed by atoms with Crippen LogP contribution in [0.3, 0.4) is 0 Å². The number of nitrogens with two attached hydrogens (primary N) is 1. The molecule has 4 heteroatoms. The molecule has 1 aromatic rings. The van der Waals surface area contributed by atoms with Gasteiger partial charge in [-0.3, -0.25) is 0 Å². The minimum absolute atomic E-state index is 0.341. The number of nitrogen functional groups attached to an aromatic ring is 1. The first kappa shape index (κ1) is 14.7. The van der Waals surface area contributed by atoms with Gasteiger partial charge in [0.1, 0.15) is 0 Å². The molecule has 0 spiro atoms. The Morgan fingerprint density at radius 1 is 1.45 bits per heavy atom. The maximum atomic E-state index is 11.9. The van der Waals surface area contributed by atoms with Crippen LogP contribution in [0, 0.1) is 5.92 Å². The first-order valence-electron chi connectivity index (χ1n) is 7.36. The van der Waals surface area contributed by atoms with Crippen LogP contribution in [0.25, 0.3) is 0 Å². The standard InChI is InChI=1S/C16H24N2O2/c1-4-20-16(19)14-9-13(7-8-15(14)17)18(10-11(2)3)12-5-6-12/h7-9,11-12H,4-6,10,17H2,1-3H3. The van der Waals surface area contributed by atoms with Crippen molar-refractivity contribution < 1.29 is 9.53 Å². The van der Waals surface area contributed by atoms with Crippen molar-refractivity contribution in [3.05, 3.63) is 23.8 Å². The van der Waals surface area contributed by atoms with Gasteiger partial charge in [0.25, 0.3) is 0 Å². The Labute approximate surface area is 120 Å².